The zero-order chi connectivity index (χ0) is 7.68. The van der Waals surface area contributed by atoms with Gasteiger partial charge in [-0.1, -0.05) is 22.6 Å². The van der Waals surface area contributed by atoms with E-state index in [1.807, 2.05) is 0 Å². The van der Waals surface area contributed by atoms with E-state index in [0.29, 0.717) is 3.92 Å². The molecule has 62 valence electrons. The van der Waals surface area contributed by atoms with Crippen molar-refractivity contribution in [1.82, 2.24) is 4.90 Å². The Morgan fingerprint density at radius 1 is 1.36 bits per heavy atom. The summed E-state index contributed by atoms with van der Waals surface area (Å²) in [6.45, 7) is 3.56. The van der Waals surface area contributed by atoms with Gasteiger partial charge < -0.3 is 4.90 Å². The van der Waals surface area contributed by atoms with Gasteiger partial charge in [0.25, 0.3) is 0 Å². The second kappa shape index (κ2) is 3.29. The average molecular weight is 264 g/mol. The third-order valence-electron chi connectivity index (χ3n) is 2.35. The maximum Gasteiger partial charge on any atom is 0.112 e. The first kappa shape index (κ1) is 7.83. The van der Waals surface area contributed by atoms with Gasteiger partial charge in [0.1, 0.15) is 5.84 Å². The monoisotopic (exact) mass is 264 g/mol. The van der Waals surface area contributed by atoms with E-state index < -0.39 is 0 Å². The van der Waals surface area contributed by atoms with E-state index in [-0.39, 0.29) is 0 Å². The standard InChI is InChI=1S/C8H13IN2/c9-7-3-1-5-11-6-2-4-10-8(7)11/h7H,1-6H2. The van der Waals surface area contributed by atoms with Gasteiger partial charge in [0.2, 0.25) is 0 Å². The van der Waals surface area contributed by atoms with Crippen LogP contribution < -0.4 is 0 Å². The minimum atomic E-state index is 0.696. The molecule has 3 heteroatoms. The summed E-state index contributed by atoms with van der Waals surface area (Å²) in [5, 5.41) is 0. The summed E-state index contributed by atoms with van der Waals surface area (Å²) in [7, 11) is 0. The van der Waals surface area contributed by atoms with E-state index in [1.165, 1.54) is 38.2 Å². The van der Waals surface area contributed by atoms with E-state index in [2.05, 4.69) is 32.5 Å². The summed E-state index contributed by atoms with van der Waals surface area (Å²) in [5.74, 6) is 1.38. The van der Waals surface area contributed by atoms with Crippen molar-refractivity contribution in [3.8, 4) is 0 Å². The number of aliphatic imine (C=N–C) groups is 1. The Morgan fingerprint density at radius 2 is 2.18 bits per heavy atom. The molecule has 2 nitrogen and oxygen atoms in total. The highest BCUT2D eigenvalue weighted by atomic mass is 127. The molecule has 2 heterocycles. The molecule has 2 aliphatic heterocycles. The first-order valence-electron chi connectivity index (χ1n) is 4.31. The van der Waals surface area contributed by atoms with E-state index in [9.17, 15) is 0 Å². The topological polar surface area (TPSA) is 15.6 Å². The van der Waals surface area contributed by atoms with Crippen LogP contribution in [-0.4, -0.2) is 34.3 Å². The largest absolute Gasteiger partial charge is 0.359 e. The number of halogens is 1. The van der Waals surface area contributed by atoms with Gasteiger partial charge in [-0.05, 0) is 19.3 Å². The van der Waals surface area contributed by atoms with Gasteiger partial charge in [0.15, 0.2) is 0 Å². The molecule has 0 radical (unpaired) electrons. The minimum absolute atomic E-state index is 0.696. The second-order valence-electron chi connectivity index (χ2n) is 3.19. The number of rotatable bonds is 0. The van der Waals surface area contributed by atoms with E-state index in [0.717, 1.165) is 6.54 Å². The molecule has 0 saturated carbocycles. The lowest BCUT2D eigenvalue weighted by Gasteiger charge is -2.35. The third kappa shape index (κ3) is 1.53. The van der Waals surface area contributed by atoms with E-state index >= 15 is 0 Å². The number of fused-ring (bicyclic) bond motifs is 1. The molecule has 0 aromatic rings. The molecule has 0 bridgehead atoms. The molecule has 0 spiro atoms. The summed E-state index contributed by atoms with van der Waals surface area (Å²) in [6, 6.07) is 0. The van der Waals surface area contributed by atoms with Gasteiger partial charge in [-0.2, -0.15) is 0 Å². The van der Waals surface area contributed by atoms with Crippen molar-refractivity contribution < 1.29 is 0 Å². The van der Waals surface area contributed by atoms with Crippen molar-refractivity contribution in [1.29, 1.82) is 0 Å². The van der Waals surface area contributed by atoms with Gasteiger partial charge in [-0.15, -0.1) is 0 Å². The minimum Gasteiger partial charge on any atom is -0.359 e. The van der Waals surface area contributed by atoms with Crippen molar-refractivity contribution in [2.24, 2.45) is 4.99 Å². The lowest BCUT2D eigenvalue weighted by Crippen LogP contribution is -2.44. The summed E-state index contributed by atoms with van der Waals surface area (Å²) < 4.78 is 0.696. The predicted molar refractivity (Wildman–Crippen MR) is 55.5 cm³/mol. The van der Waals surface area contributed by atoms with Crippen LogP contribution in [0.3, 0.4) is 0 Å². The fraction of sp³-hybridized carbons (Fsp3) is 0.875. The number of hydrogen-bond acceptors (Lipinski definition) is 2. The lowest BCUT2D eigenvalue weighted by atomic mass is 10.1. The van der Waals surface area contributed by atoms with Crippen LogP contribution in [0, 0.1) is 0 Å². The van der Waals surface area contributed by atoms with Gasteiger partial charge in [-0.25, -0.2) is 0 Å². The molecule has 1 saturated heterocycles. The van der Waals surface area contributed by atoms with Crippen LogP contribution >= 0.6 is 22.6 Å². The lowest BCUT2D eigenvalue weighted by molar-refractivity contribution is 0.355. The van der Waals surface area contributed by atoms with Crippen LogP contribution in [-0.2, 0) is 0 Å². The molecule has 0 aliphatic carbocycles. The molecule has 0 aromatic heterocycles. The molecule has 0 amide bonds. The van der Waals surface area contributed by atoms with Crippen molar-refractivity contribution in [2.75, 3.05) is 19.6 Å². The molecular weight excluding hydrogens is 251 g/mol. The van der Waals surface area contributed by atoms with Gasteiger partial charge in [0, 0.05) is 19.6 Å². The Balaban J connectivity index is 2.14. The Kier molecular flexibility index (Phi) is 2.34. The molecule has 0 aromatic carbocycles. The molecule has 11 heavy (non-hydrogen) atoms. The van der Waals surface area contributed by atoms with Crippen molar-refractivity contribution in [2.45, 2.75) is 23.2 Å². The molecule has 1 fully saturated rings. The third-order valence-corrected chi connectivity index (χ3v) is 3.53. The number of piperidine rings is 1. The number of hydrogen-bond donors (Lipinski definition) is 0. The Bertz CT molecular complexity index is 179. The van der Waals surface area contributed by atoms with Crippen molar-refractivity contribution in [3.63, 3.8) is 0 Å². The molecule has 2 rings (SSSR count). The van der Waals surface area contributed by atoms with E-state index in [1.54, 1.807) is 0 Å². The second-order valence-corrected chi connectivity index (χ2v) is 4.69. The van der Waals surface area contributed by atoms with Crippen molar-refractivity contribution in [3.05, 3.63) is 0 Å². The highest BCUT2D eigenvalue weighted by Gasteiger charge is 2.25. The Hall–Kier alpha value is 0.200. The first-order chi connectivity index (χ1) is 5.38. The van der Waals surface area contributed by atoms with Crippen LogP contribution in [0.4, 0.5) is 0 Å². The van der Waals surface area contributed by atoms with Crippen LogP contribution in [0.1, 0.15) is 19.3 Å². The van der Waals surface area contributed by atoms with Crippen LogP contribution in [0.25, 0.3) is 0 Å². The van der Waals surface area contributed by atoms with E-state index in [4.69, 9.17) is 0 Å². The Morgan fingerprint density at radius 3 is 3.00 bits per heavy atom. The van der Waals surface area contributed by atoms with Gasteiger partial charge in [0.05, 0.1) is 3.92 Å². The summed E-state index contributed by atoms with van der Waals surface area (Å²) in [6.07, 6.45) is 3.94. The molecule has 2 aliphatic rings. The quantitative estimate of drug-likeness (QED) is 0.480. The fourth-order valence-corrected chi connectivity index (χ4v) is 2.81. The number of alkyl halides is 1. The summed E-state index contributed by atoms with van der Waals surface area (Å²) >= 11 is 2.52. The fourth-order valence-electron chi connectivity index (χ4n) is 1.78. The average Bonchev–Trinajstić information content (AvgIpc) is 2.06. The summed E-state index contributed by atoms with van der Waals surface area (Å²) in [5.41, 5.74) is 0. The highest BCUT2D eigenvalue weighted by Crippen LogP contribution is 2.22. The van der Waals surface area contributed by atoms with Gasteiger partial charge >= 0.3 is 0 Å². The number of nitrogens with zero attached hydrogens (tertiary/aromatic N) is 2. The van der Waals surface area contributed by atoms with Crippen LogP contribution in [0.2, 0.25) is 0 Å². The predicted octanol–water partition coefficient (Wildman–Crippen LogP) is 1.69. The first-order valence-corrected chi connectivity index (χ1v) is 5.56. The SMILES string of the molecule is IC1CCCN2CCCN=C12. The highest BCUT2D eigenvalue weighted by molar-refractivity contribution is 14.1. The van der Waals surface area contributed by atoms with Gasteiger partial charge in [-0.3, -0.25) is 4.99 Å². The molecule has 0 N–H and O–H groups in total. The molecule has 1 atom stereocenters. The zero-order valence-electron chi connectivity index (χ0n) is 6.59. The summed E-state index contributed by atoms with van der Waals surface area (Å²) in [4.78, 5) is 7.03. The van der Waals surface area contributed by atoms with Crippen molar-refractivity contribution >= 4 is 28.4 Å². The number of amidine groups is 1. The maximum absolute atomic E-state index is 4.57. The van der Waals surface area contributed by atoms with Crippen LogP contribution in [0.15, 0.2) is 4.99 Å². The molecular formula is C8H13IN2. The van der Waals surface area contributed by atoms with Crippen LogP contribution in [0.5, 0.6) is 0 Å². The zero-order valence-corrected chi connectivity index (χ0v) is 8.75. The smallest absolute Gasteiger partial charge is 0.112 e. The maximum atomic E-state index is 4.57. The Labute approximate surface area is 81.2 Å². The molecule has 1 unspecified atom stereocenters. The normalized spacial score (nSPS) is 31.2.